The van der Waals surface area contributed by atoms with Crippen molar-refractivity contribution in [2.24, 2.45) is 0 Å². The molecule has 6 heteroatoms. The number of nitrogens with zero attached hydrogens (tertiary/aromatic N) is 3. The summed E-state index contributed by atoms with van der Waals surface area (Å²) in [6, 6.07) is 0. The van der Waals surface area contributed by atoms with Gasteiger partial charge in [-0.15, -0.1) is 11.6 Å². The van der Waals surface area contributed by atoms with E-state index in [1.807, 2.05) is 0 Å². The second-order valence-electron chi connectivity index (χ2n) is 1.98. The first-order valence-corrected chi connectivity index (χ1v) is 3.38. The predicted octanol–water partition coefficient (Wildman–Crippen LogP) is 1.22. The second-order valence-corrected chi connectivity index (χ2v) is 2.64. The van der Waals surface area contributed by atoms with Crippen molar-refractivity contribution >= 4 is 11.6 Å². The first-order chi connectivity index (χ1) is 5.13. The lowest BCUT2D eigenvalue weighted by molar-refractivity contribution is -0.543. The molecule has 0 bridgehead atoms. The minimum atomic E-state index is -0.568. The quantitative estimate of drug-likeness (QED) is 0.386. The Morgan fingerprint density at radius 3 is 2.91 bits per heavy atom. The fraction of sp³-hybridized carbons (Fsp3) is 0.400. The smallest absolute Gasteiger partial charge is 0.193 e. The van der Waals surface area contributed by atoms with E-state index in [9.17, 15) is 10.1 Å². The van der Waals surface area contributed by atoms with Gasteiger partial charge in [0.05, 0.1) is 17.8 Å². The molecule has 1 rings (SSSR count). The van der Waals surface area contributed by atoms with Gasteiger partial charge in [0.25, 0.3) is 0 Å². The van der Waals surface area contributed by atoms with Crippen LogP contribution in [-0.4, -0.2) is 14.7 Å². The number of alkyl halides is 1. The lowest BCUT2D eigenvalue weighted by Crippen LogP contribution is -2.11. The Labute approximate surface area is 67.7 Å². The number of halogens is 1. The van der Waals surface area contributed by atoms with Gasteiger partial charge in [0.1, 0.15) is 0 Å². The van der Waals surface area contributed by atoms with Gasteiger partial charge in [-0.1, -0.05) is 4.68 Å². The molecule has 1 atom stereocenters. The number of hydrogen-bond acceptors (Lipinski definition) is 3. The highest BCUT2D eigenvalue weighted by Crippen LogP contribution is 2.16. The van der Waals surface area contributed by atoms with E-state index in [1.165, 1.54) is 12.4 Å². The molecule has 0 aromatic carbocycles. The molecular weight excluding hydrogens is 170 g/mol. The van der Waals surface area contributed by atoms with Crippen molar-refractivity contribution in [2.45, 2.75) is 12.3 Å². The number of imidazole rings is 1. The van der Waals surface area contributed by atoms with E-state index in [1.54, 1.807) is 6.92 Å². The Morgan fingerprint density at radius 2 is 2.55 bits per heavy atom. The van der Waals surface area contributed by atoms with E-state index < -0.39 is 10.4 Å². The molecule has 0 fully saturated rings. The van der Waals surface area contributed by atoms with Gasteiger partial charge in [-0.2, -0.15) is 0 Å². The van der Waals surface area contributed by atoms with Crippen molar-refractivity contribution in [1.29, 1.82) is 0 Å². The standard InChI is InChI=1S/C5H6ClN3O2/c1-4(6)5-7-2-3-8(5)9(10)11/h2-4H,1H3. The summed E-state index contributed by atoms with van der Waals surface area (Å²) in [4.78, 5) is 14.0. The summed E-state index contributed by atoms with van der Waals surface area (Å²) in [6.07, 6.45) is 2.60. The molecule has 0 saturated carbocycles. The van der Waals surface area contributed by atoms with Crippen LogP contribution in [0, 0.1) is 10.1 Å². The van der Waals surface area contributed by atoms with Gasteiger partial charge in [-0.25, -0.2) is 15.1 Å². The average Bonchev–Trinajstić information content (AvgIpc) is 2.32. The molecule has 0 amide bonds. The van der Waals surface area contributed by atoms with E-state index in [0.717, 1.165) is 4.68 Å². The third kappa shape index (κ3) is 1.48. The lowest BCUT2D eigenvalue weighted by atomic mass is 10.4. The Kier molecular flexibility index (Phi) is 2.09. The first-order valence-electron chi connectivity index (χ1n) is 2.95. The minimum Gasteiger partial charge on any atom is -0.234 e. The molecule has 5 nitrogen and oxygen atoms in total. The molecule has 0 aliphatic rings. The van der Waals surface area contributed by atoms with E-state index in [4.69, 9.17) is 11.6 Å². The fourth-order valence-electron chi connectivity index (χ4n) is 0.731. The molecule has 0 spiro atoms. The van der Waals surface area contributed by atoms with Gasteiger partial charge in [-0.3, -0.25) is 0 Å². The Hall–Kier alpha value is -1.10. The summed E-state index contributed by atoms with van der Waals surface area (Å²) < 4.78 is 0.803. The number of hydrogen-bond donors (Lipinski definition) is 0. The largest absolute Gasteiger partial charge is 0.234 e. The Bertz CT molecular complexity index is 270. The highest BCUT2D eigenvalue weighted by molar-refractivity contribution is 6.20. The first kappa shape index (κ1) is 8.00. The van der Waals surface area contributed by atoms with Crippen LogP contribution in [-0.2, 0) is 0 Å². The van der Waals surface area contributed by atoms with Gasteiger partial charge >= 0.3 is 0 Å². The molecule has 0 N–H and O–H groups in total. The molecule has 11 heavy (non-hydrogen) atoms. The molecule has 0 aliphatic heterocycles. The number of nitro groups is 1. The maximum Gasteiger partial charge on any atom is 0.193 e. The van der Waals surface area contributed by atoms with Crippen LogP contribution in [0.5, 0.6) is 0 Å². The van der Waals surface area contributed by atoms with Crippen LogP contribution < -0.4 is 0 Å². The molecule has 0 radical (unpaired) electrons. The average molecular weight is 176 g/mol. The molecule has 1 aromatic rings. The van der Waals surface area contributed by atoms with Crippen molar-refractivity contribution in [3.8, 4) is 0 Å². The Morgan fingerprint density at radius 1 is 1.91 bits per heavy atom. The summed E-state index contributed by atoms with van der Waals surface area (Å²) in [7, 11) is 0. The third-order valence-electron chi connectivity index (χ3n) is 1.18. The van der Waals surface area contributed by atoms with Crippen LogP contribution in [0.4, 0.5) is 0 Å². The maximum atomic E-state index is 10.3. The highest BCUT2D eigenvalue weighted by Gasteiger charge is 2.15. The third-order valence-corrected chi connectivity index (χ3v) is 1.38. The van der Waals surface area contributed by atoms with Gasteiger partial charge < -0.3 is 0 Å². The monoisotopic (exact) mass is 175 g/mol. The van der Waals surface area contributed by atoms with Crippen LogP contribution in [0.25, 0.3) is 0 Å². The predicted molar refractivity (Wildman–Crippen MR) is 38.9 cm³/mol. The summed E-state index contributed by atoms with van der Waals surface area (Å²) in [5, 5.41) is 9.24. The van der Waals surface area contributed by atoms with E-state index >= 15 is 0 Å². The number of rotatable bonds is 2. The van der Waals surface area contributed by atoms with Crippen molar-refractivity contribution in [3.63, 3.8) is 0 Å². The van der Waals surface area contributed by atoms with E-state index in [2.05, 4.69) is 4.98 Å². The lowest BCUT2D eigenvalue weighted by Gasteiger charge is -1.98. The van der Waals surface area contributed by atoms with Crippen molar-refractivity contribution in [3.05, 3.63) is 28.3 Å². The Balaban J connectivity index is 3.06. The molecule has 0 aliphatic carbocycles. The normalized spacial score (nSPS) is 12.9. The zero-order valence-corrected chi connectivity index (χ0v) is 6.52. The van der Waals surface area contributed by atoms with E-state index in [0.29, 0.717) is 0 Å². The van der Waals surface area contributed by atoms with Crippen LogP contribution in [0.2, 0.25) is 0 Å². The molecule has 0 saturated heterocycles. The van der Waals surface area contributed by atoms with Crippen LogP contribution in [0.15, 0.2) is 12.4 Å². The van der Waals surface area contributed by atoms with Crippen molar-refractivity contribution in [1.82, 2.24) is 9.66 Å². The molecule has 1 aromatic heterocycles. The van der Waals surface area contributed by atoms with Gasteiger partial charge in [0.2, 0.25) is 0 Å². The summed E-state index contributed by atoms with van der Waals surface area (Å²) in [5.74, 6) is 0.247. The van der Waals surface area contributed by atoms with E-state index in [-0.39, 0.29) is 5.82 Å². The van der Waals surface area contributed by atoms with Crippen LogP contribution >= 0.6 is 11.6 Å². The summed E-state index contributed by atoms with van der Waals surface area (Å²) in [6.45, 7) is 1.63. The van der Waals surface area contributed by atoms with Crippen LogP contribution in [0.3, 0.4) is 0 Å². The maximum absolute atomic E-state index is 10.3. The SMILES string of the molecule is CC(Cl)c1nccn1[N+](=O)[O-]. The number of aromatic nitrogens is 2. The topological polar surface area (TPSA) is 61.0 Å². The van der Waals surface area contributed by atoms with Crippen molar-refractivity contribution < 1.29 is 5.03 Å². The zero-order chi connectivity index (χ0) is 8.43. The molecule has 1 unspecified atom stereocenters. The molecule has 60 valence electrons. The second kappa shape index (κ2) is 2.87. The fourth-order valence-corrected chi connectivity index (χ4v) is 0.888. The minimum absolute atomic E-state index is 0.247. The van der Waals surface area contributed by atoms with Gasteiger partial charge in [-0.05, 0) is 6.92 Å². The van der Waals surface area contributed by atoms with Gasteiger partial charge in [0, 0.05) is 0 Å². The molecule has 1 heterocycles. The zero-order valence-electron chi connectivity index (χ0n) is 5.77. The van der Waals surface area contributed by atoms with Crippen molar-refractivity contribution in [2.75, 3.05) is 0 Å². The van der Waals surface area contributed by atoms with Gasteiger partial charge in [0.15, 0.2) is 10.9 Å². The highest BCUT2D eigenvalue weighted by atomic mass is 35.5. The summed E-state index contributed by atoms with van der Waals surface area (Å²) >= 11 is 5.61. The van der Waals surface area contributed by atoms with Crippen LogP contribution in [0.1, 0.15) is 18.1 Å². The molecular formula is C5H6ClN3O2. The summed E-state index contributed by atoms with van der Waals surface area (Å²) in [5.41, 5.74) is 0.